The summed E-state index contributed by atoms with van der Waals surface area (Å²) in [6.45, 7) is 2.91. The monoisotopic (exact) mass is 273 g/mol. The third kappa shape index (κ3) is 2.82. The molecule has 5 nitrogen and oxygen atoms in total. The molecule has 0 bridgehead atoms. The first-order valence-electron chi connectivity index (χ1n) is 7.06. The number of carbonyl (C=O) groups is 2. The van der Waals surface area contributed by atoms with Crippen molar-refractivity contribution in [2.24, 2.45) is 0 Å². The van der Waals surface area contributed by atoms with Crippen molar-refractivity contribution in [2.75, 3.05) is 11.4 Å². The lowest BCUT2D eigenvalue weighted by Gasteiger charge is -2.33. The van der Waals surface area contributed by atoms with Crippen LogP contribution in [0.2, 0.25) is 0 Å². The van der Waals surface area contributed by atoms with Crippen molar-refractivity contribution in [1.82, 2.24) is 10.6 Å². The minimum atomic E-state index is -0.317. The highest BCUT2D eigenvalue weighted by Gasteiger charge is 2.30. The number of amides is 2. The molecule has 1 aliphatic carbocycles. The smallest absolute Gasteiger partial charge is 0.249 e. The van der Waals surface area contributed by atoms with Gasteiger partial charge in [-0.15, -0.1) is 0 Å². The minimum Gasteiger partial charge on any atom is -0.350 e. The van der Waals surface area contributed by atoms with Gasteiger partial charge in [-0.3, -0.25) is 14.9 Å². The van der Waals surface area contributed by atoms with Gasteiger partial charge in [0.1, 0.15) is 6.04 Å². The Morgan fingerprint density at radius 1 is 1.25 bits per heavy atom. The first-order valence-corrected chi connectivity index (χ1v) is 7.06. The third-order valence-electron chi connectivity index (χ3n) is 3.86. The second kappa shape index (κ2) is 5.25. The number of anilines is 1. The summed E-state index contributed by atoms with van der Waals surface area (Å²) in [6.07, 6.45) is 2.56. The fraction of sp³-hybridized carbons (Fsp3) is 0.467. The number of imide groups is 1. The Labute approximate surface area is 118 Å². The van der Waals surface area contributed by atoms with E-state index in [9.17, 15) is 9.59 Å². The molecule has 1 aromatic rings. The lowest BCUT2D eigenvalue weighted by Crippen LogP contribution is -2.57. The van der Waals surface area contributed by atoms with E-state index in [0.29, 0.717) is 6.04 Å². The van der Waals surface area contributed by atoms with Crippen molar-refractivity contribution < 1.29 is 9.59 Å². The molecule has 106 valence electrons. The van der Waals surface area contributed by atoms with Gasteiger partial charge >= 0.3 is 0 Å². The summed E-state index contributed by atoms with van der Waals surface area (Å²) in [4.78, 5) is 25.0. The van der Waals surface area contributed by atoms with E-state index >= 15 is 0 Å². The summed E-state index contributed by atoms with van der Waals surface area (Å²) in [5, 5.41) is 5.81. The highest BCUT2D eigenvalue weighted by molar-refractivity contribution is 6.04. The Kier molecular flexibility index (Phi) is 3.44. The van der Waals surface area contributed by atoms with Crippen molar-refractivity contribution >= 4 is 17.5 Å². The molecule has 1 aliphatic heterocycles. The van der Waals surface area contributed by atoms with Crippen LogP contribution in [0.4, 0.5) is 5.69 Å². The number of hydrogen-bond donors (Lipinski definition) is 2. The van der Waals surface area contributed by atoms with Crippen molar-refractivity contribution in [3.63, 3.8) is 0 Å². The van der Waals surface area contributed by atoms with Crippen LogP contribution < -0.4 is 15.5 Å². The number of benzene rings is 1. The molecule has 5 heteroatoms. The fourth-order valence-electron chi connectivity index (χ4n) is 2.38. The lowest BCUT2D eigenvalue weighted by atomic mass is 10.1. The number of carbonyl (C=O) groups excluding carboxylic acids is 2. The van der Waals surface area contributed by atoms with Gasteiger partial charge in [0.15, 0.2) is 0 Å². The van der Waals surface area contributed by atoms with Crippen LogP contribution in [0.25, 0.3) is 0 Å². The molecule has 1 heterocycles. The molecule has 2 amide bonds. The number of hydrogen-bond acceptors (Lipinski definition) is 4. The maximum absolute atomic E-state index is 11.7. The molecule has 20 heavy (non-hydrogen) atoms. The maximum atomic E-state index is 11.7. The molecule has 1 saturated carbocycles. The summed E-state index contributed by atoms with van der Waals surface area (Å²) in [5.74, 6) is -0.478. The van der Waals surface area contributed by atoms with Gasteiger partial charge in [0.2, 0.25) is 11.8 Å². The topological polar surface area (TPSA) is 61.4 Å². The number of rotatable bonds is 4. The van der Waals surface area contributed by atoms with Gasteiger partial charge in [0.05, 0.1) is 6.54 Å². The number of piperazine rings is 1. The van der Waals surface area contributed by atoms with Crippen LogP contribution in [-0.2, 0) is 16.1 Å². The van der Waals surface area contributed by atoms with Gasteiger partial charge in [-0.25, -0.2) is 0 Å². The SMILES string of the molecule is CC1C(=O)NC(=O)CN1c1ccc(CNC2CC2)cc1. The summed E-state index contributed by atoms with van der Waals surface area (Å²) < 4.78 is 0. The van der Waals surface area contributed by atoms with Gasteiger partial charge in [0.25, 0.3) is 0 Å². The second-order valence-corrected chi connectivity index (χ2v) is 5.54. The zero-order valence-corrected chi connectivity index (χ0v) is 11.6. The molecule has 2 N–H and O–H groups in total. The van der Waals surface area contributed by atoms with Gasteiger partial charge in [0, 0.05) is 18.3 Å². The van der Waals surface area contributed by atoms with Crippen LogP contribution in [0.5, 0.6) is 0 Å². The molecule has 2 aliphatic rings. The first-order chi connectivity index (χ1) is 9.63. The molecule has 1 atom stereocenters. The van der Waals surface area contributed by atoms with E-state index in [1.54, 1.807) is 0 Å². The second-order valence-electron chi connectivity index (χ2n) is 5.54. The normalized spacial score (nSPS) is 22.9. The van der Waals surface area contributed by atoms with Crippen LogP contribution >= 0.6 is 0 Å². The average Bonchev–Trinajstić information content (AvgIpc) is 3.25. The predicted octanol–water partition coefficient (Wildman–Crippen LogP) is 0.790. The van der Waals surface area contributed by atoms with Crippen LogP contribution in [-0.4, -0.2) is 30.4 Å². The number of nitrogens with one attached hydrogen (secondary N) is 2. The predicted molar refractivity (Wildman–Crippen MR) is 76.3 cm³/mol. The molecule has 1 aromatic carbocycles. The van der Waals surface area contributed by atoms with E-state index in [4.69, 9.17) is 0 Å². The Morgan fingerprint density at radius 3 is 2.60 bits per heavy atom. The van der Waals surface area contributed by atoms with E-state index in [0.717, 1.165) is 12.2 Å². The Bertz CT molecular complexity index is 522. The highest BCUT2D eigenvalue weighted by Crippen LogP contribution is 2.21. The Balaban J connectivity index is 1.69. The van der Waals surface area contributed by atoms with E-state index in [2.05, 4.69) is 22.8 Å². The van der Waals surface area contributed by atoms with Crippen molar-refractivity contribution in [2.45, 2.75) is 38.4 Å². The maximum Gasteiger partial charge on any atom is 0.249 e. The van der Waals surface area contributed by atoms with Crippen molar-refractivity contribution in [1.29, 1.82) is 0 Å². The van der Waals surface area contributed by atoms with E-state index < -0.39 is 0 Å². The third-order valence-corrected chi connectivity index (χ3v) is 3.86. The molecule has 0 spiro atoms. The van der Waals surface area contributed by atoms with Crippen LogP contribution in [0.1, 0.15) is 25.3 Å². The molecule has 0 radical (unpaired) electrons. The summed E-state index contributed by atoms with van der Waals surface area (Å²) in [7, 11) is 0. The summed E-state index contributed by atoms with van der Waals surface area (Å²) >= 11 is 0. The zero-order chi connectivity index (χ0) is 14.1. The van der Waals surface area contributed by atoms with Crippen LogP contribution in [0.3, 0.4) is 0 Å². The average molecular weight is 273 g/mol. The first kappa shape index (κ1) is 13.1. The molecule has 1 saturated heterocycles. The minimum absolute atomic E-state index is 0.229. The van der Waals surface area contributed by atoms with Crippen LogP contribution in [0.15, 0.2) is 24.3 Å². The van der Waals surface area contributed by atoms with Gasteiger partial charge < -0.3 is 10.2 Å². The van der Waals surface area contributed by atoms with E-state index in [1.807, 2.05) is 24.0 Å². The number of nitrogens with zero attached hydrogens (tertiary/aromatic N) is 1. The Morgan fingerprint density at radius 2 is 1.95 bits per heavy atom. The Hall–Kier alpha value is -1.88. The quantitative estimate of drug-likeness (QED) is 0.796. The standard InChI is InChI=1S/C15H19N3O2/c1-10-15(20)17-14(19)9-18(10)13-6-2-11(3-7-13)8-16-12-4-5-12/h2-3,6-7,10,12,16H,4-5,8-9H2,1H3,(H,17,19,20). The molecule has 3 rings (SSSR count). The molecular formula is C15H19N3O2. The largest absolute Gasteiger partial charge is 0.350 e. The van der Waals surface area contributed by atoms with Crippen LogP contribution in [0, 0.1) is 0 Å². The molecule has 1 unspecified atom stereocenters. The summed E-state index contributed by atoms with van der Waals surface area (Å²) in [5.41, 5.74) is 2.14. The molecule has 0 aromatic heterocycles. The zero-order valence-electron chi connectivity index (χ0n) is 11.6. The van der Waals surface area contributed by atoms with Gasteiger partial charge in [-0.05, 0) is 37.5 Å². The summed E-state index contributed by atoms with van der Waals surface area (Å²) in [6, 6.07) is 8.43. The highest BCUT2D eigenvalue weighted by atomic mass is 16.2. The van der Waals surface area contributed by atoms with Crippen molar-refractivity contribution in [3.8, 4) is 0 Å². The van der Waals surface area contributed by atoms with Gasteiger partial charge in [-0.2, -0.15) is 0 Å². The molecular weight excluding hydrogens is 254 g/mol. The fourth-order valence-corrected chi connectivity index (χ4v) is 2.38. The van der Waals surface area contributed by atoms with E-state index in [-0.39, 0.29) is 24.4 Å². The van der Waals surface area contributed by atoms with E-state index in [1.165, 1.54) is 18.4 Å². The van der Waals surface area contributed by atoms with Crippen molar-refractivity contribution in [3.05, 3.63) is 29.8 Å². The lowest BCUT2D eigenvalue weighted by molar-refractivity contribution is -0.132. The molecule has 2 fully saturated rings. The van der Waals surface area contributed by atoms with Gasteiger partial charge in [-0.1, -0.05) is 12.1 Å².